The number of fused-ring (bicyclic) bond motifs is 1. The van der Waals surface area contributed by atoms with Gasteiger partial charge in [0.2, 0.25) is 0 Å². The first-order chi connectivity index (χ1) is 6.27. The van der Waals surface area contributed by atoms with Gasteiger partial charge in [0.05, 0.1) is 0 Å². The summed E-state index contributed by atoms with van der Waals surface area (Å²) in [4.78, 5) is 2.67. The summed E-state index contributed by atoms with van der Waals surface area (Å²) >= 11 is 0. The van der Waals surface area contributed by atoms with Crippen molar-refractivity contribution in [2.75, 3.05) is 13.1 Å². The average molecular weight is 182 g/mol. The molecule has 2 aliphatic rings. The lowest BCUT2D eigenvalue weighted by molar-refractivity contribution is 0.198. The van der Waals surface area contributed by atoms with E-state index in [1.54, 1.807) is 0 Å². The molecule has 0 amide bonds. The van der Waals surface area contributed by atoms with Crippen molar-refractivity contribution in [3.8, 4) is 0 Å². The average Bonchev–Trinajstić information content (AvgIpc) is 2.63. The summed E-state index contributed by atoms with van der Waals surface area (Å²) in [5, 5.41) is 0. The van der Waals surface area contributed by atoms with Crippen molar-refractivity contribution in [1.82, 2.24) is 4.90 Å². The Morgan fingerprint density at radius 2 is 1.92 bits per heavy atom. The Morgan fingerprint density at radius 1 is 1.31 bits per heavy atom. The molecule has 1 saturated carbocycles. The number of hydrogen-bond donors (Lipinski definition) is 1. The highest BCUT2D eigenvalue weighted by molar-refractivity contribution is 5.09. The van der Waals surface area contributed by atoms with E-state index in [9.17, 15) is 0 Å². The molecule has 1 aliphatic carbocycles. The molecule has 1 aliphatic heterocycles. The second kappa shape index (κ2) is 3.58. The van der Waals surface area contributed by atoms with Crippen LogP contribution in [0.25, 0.3) is 0 Å². The van der Waals surface area contributed by atoms with Gasteiger partial charge in [-0.25, -0.2) is 0 Å². The summed E-state index contributed by atoms with van der Waals surface area (Å²) in [6.45, 7) is 7.16. The lowest BCUT2D eigenvalue weighted by Crippen LogP contribution is -2.36. The highest BCUT2D eigenvalue weighted by Crippen LogP contribution is 2.44. The third kappa shape index (κ3) is 1.62. The number of rotatable bonds is 4. The molecule has 1 saturated heterocycles. The van der Waals surface area contributed by atoms with Crippen LogP contribution in [-0.2, 0) is 0 Å². The zero-order valence-corrected chi connectivity index (χ0v) is 8.87. The van der Waals surface area contributed by atoms with Crippen molar-refractivity contribution < 1.29 is 0 Å². The van der Waals surface area contributed by atoms with Crippen LogP contribution >= 0.6 is 0 Å². The molecule has 0 aromatic carbocycles. The zero-order valence-electron chi connectivity index (χ0n) is 8.87. The number of piperidine rings is 1. The van der Waals surface area contributed by atoms with Crippen LogP contribution in [0.1, 0.15) is 33.1 Å². The Bertz CT molecular complexity index is 169. The molecule has 2 rings (SSSR count). The lowest BCUT2D eigenvalue weighted by atomic mass is 10.1. The minimum Gasteiger partial charge on any atom is -0.327 e. The highest BCUT2D eigenvalue weighted by atomic mass is 15.2. The molecule has 2 N–H and O–H groups in total. The Balaban J connectivity index is 1.82. The summed E-state index contributed by atoms with van der Waals surface area (Å²) in [6.07, 6.45) is 3.99. The van der Waals surface area contributed by atoms with E-state index in [-0.39, 0.29) is 0 Å². The maximum atomic E-state index is 5.92. The van der Waals surface area contributed by atoms with Gasteiger partial charge >= 0.3 is 0 Å². The van der Waals surface area contributed by atoms with Crippen LogP contribution < -0.4 is 5.73 Å². The van der Waals surface area contributed by atoms with Gasteiger partial charge in [0.15, 0.2) is 0 Å². The number of likely N-dealkylation sites (tertiary alicyclic amines) is 1. The third-order valence-electron chi connectivity index (χ3n) is 3.90. The predicted octanol–water partition coefficient (Wildman–Crippen LogP) is 1.45. The van der Waals surface area contributed by atoms with Crippen molar-refractivity contribution >= 4 is 0 Å². The van der Waals surface area contributed by atoms with E-state index in [4.69, 9.17) is 5.73 Å². The minimum atomic E-state index is 0.551. The normalized spacial score (nSPS) is 40.4. The Morgan fingerprint density at radius 3 is 2.38 bits per heavy atom. The maximum Gasteiger partial charge on any atom is 0.0127 e. The zero-order chi connectivity index (χ0) is 9.42. The first-order valence-corrected chi connectivity index (χ1v) is 5.77. The maximum absolute atomic E-state index is 5.92. The van der Waals surface area contributed by atoms with E-state index >= 15 is 0 Å². The van der Waals surface area contributed by atoms with Crippen molar-refractivity contribution in [3.05, 3.63) is 0 Å². The fourth-order valence-electron chi connectivity index (χ4n) is 2.88. The number of hydrogen-bond acceptors (Lipinski definition) is 2. The first-order valence-electron chi connectivity index (χ1n) is 5.77. The number of nitrogens with zero attached hydrogens (tertiary/aromatic N) is 1. The SMILES string of the molecule is CCCC(CC)N1C[C@@H]2C(N)[C@@H]2C1. The quantitative estimate of drug-likeness (QED) is 0.713. The van der Waals surface area contributed by atoms with Crippen molar-refractivity contribution in [3.63, 3.8) is 0 Å². The van der Waals surface area contributed by atoms with Crippen LogP contribution in [0.2, 0.25) is 0 Å². The van der Waals surface area contributed by atoms with Crippen LogP contribution in [0.15, 0.2) is 0 Å². The molecule has 4 atom stereocenters. The van der Waals surface area contributed by atoms with E-state index in [0.717, 1.165) is 17.9 Å². The Kier molecular flexibility index (Phi) is 2.61. The molecule has 2 fully saturated rings. The molecule has 0 aromatic rings. The molecular weight excluding hydrogens is 160 g/mol. The van der Waals surface area contributed by atoms with Crippen LogP contribution in [0.5, 0.6) is 0 Å². The summed E-state index contributed by atoms with van der Waals surface area (Å²) in [5.41, 5.74) is 5.92. The largest absolute Gasteiger partial charge is 0.327 e. The minimum absolute atomic E-state index is 0.551. The Hall–Kier alpha value is -0.0800. The predicted molar refractivity (Wildman–Crippen MR) is 55.5 cm³/mol. The molecule has 2 heteroatoms. The standard InChI is InChI=1S/C11H22N2/c1-3-5-8(4-2)13-6-9-10(7-13)11(9)12/h8-11H,3-7,12H2,1-2H3/t8?,9-,10+,11?. The molecule has 13 heavy (non-hydrogen) atoms. The second-order valence-electron chi connectivity index (χ2n) is 4.71. The topological polar surface area (TPSA) is 29.3 Å². The van der Waals surface area contributed by atoms with Gasteiger partial charge < -0.3 is 5.73 Å². The molecule has 0 aromatic heterocycles. The number of nitrogens with two attached hydrogens (primary N) is 1. The van der Waals surface area contributed by atoms with Crippen molar-refractivity contribution in [2.45, 2.75) is 45.2 Å². The molecule has 0 spiro atoms. The Labute approximate surface area is 81.5 Å². The lowest BCUT2D eigenvalue weighted by Gasteiger charge is -2.28. The van der Waals surface area contributed by atoms with E-state index in [0.29, 0.717) is 6.04 Å². The fraction of sp³-hybridized carbons (Fsp3) is 1.00. The molecule has 2 unspecified atom stereocenters. The summed E-state index contributed by atoms with van der Waals surface area (Å²) < 4.78 is 0. The van der Waals surface area contributed by atoms with Crippen LogP contribution in [-0.4, -0.2) is 30.1 Å². The van der Waals surface area contributed by atoms with Gasteiger partial charge in [-0.05, 0) is 24.7 Å². The smallest absolute Gasteiger partial charge is 0.0127 e. The van der Waals surface area contributed by atoms with Crippen LogP contribution in [0.4, 0.5) is 0 Å². The summed E-state index contributed by atoms with van der Waals surface area (Å²) in [6, 6.07) is 1.39. The van der Waals surface area contributed by atoms with Gasteiger partial charge in [-0.15, -0.1) is 0 Å². The van der Waals surface area contributed by atoms with Gasteiger partial charge in [0.25, 0.3) is 0 Å². The van der Waals surface area contributed by atoms with Gasteiger partial charge in [-0.3, -0.25) is 4.90 Å². The van der Waals surface area contributed by atoms with E-state index in [1.165, 1.54) is 32.4 Å². The highest BCUT2D eigenvalue weighted by Gasteiger charge is 2.54. The van der Waals surface area contributed by atoms with Gasteiger partial charge in [0.1, 0.15) is 0 Å². The summed E-state index contributed by atoms with van der Waals surface area (Å²) in [7, 11) is 0. The molecule has 0 bridgehead atoms. The van der Waals surface area contributed by atoms with Crippen molar-refractivity contribution in [1.29, 1.82) is 0 Å². The molecule has 0 radical (unpaired) electrons. The van der Waals surface area contributed by atoms with E-state index in [2.05, 4.69) is 18.7 Å². The van der Waals surface area contributed by atoms with Crippen LogP contribution in [0, 0.1) is 11.8 Å². The molecular formula is C11H22N2. The van der Waals surface area contributed by atoms with E-state index < -0.39 is 0 Å². The van der Waals surface area contributed by atoms with Gasteiger partial charge in [-0.2, -0.15) is 0 Å². The second-order valence-corrected chi connectivity index (χ2v) is 4.71. The van der Waals surface area contributed by atoms with Gasteiger partial charge in [0, 0.05) is 25.2 Å². The summed E-state index contributed by atoms with van der Waals surface area (Å²) in [5.74, 6) is 1.71. The van der Waals surface area contributed by atoms with Crippen LogP contribution in [0.3, 0.4) is 0 Å². The third-order valence-corrected chi connectivity index (χ3v) is 3.90. The fourth-order valence-corrected chi connectivity index (χ4v) is 2.88. The first kappa shape index (κ1) is 9.47. The molecule has 1 heterocycles. The van der Waals surface area contributed by atoms with E-state index in [1.807, 2.05) is 0 Å². The molecule has 76 valence electrons. The van der Waals surface area contributed by atoms with Gasteiger partial charge in [-0.1, -0.05) is 20.3 Å². The van der Waals surface area contributed by atoms with Crippen molar-refractivity contribution in [2.24, 2.45) is 17.6 Å². The monoisotopic (exact) mass is 182 g/mol. The molecule has 2 nitrogen and oxygen atoms in total.